The minimum Gasteiger partial charge on any atom is -0.491 e. The van der Waals surface area contributed by atoms with E-state index in [9.17, 15) is 4.79 Å². The third-order valence-corrected chi connectivity index (χ3v) is 4.27. The summed E-state index contributed by atoms with van der Waals surface area (Å²) in [4.78, 5) is 12.2. The number of benzene rings is 2. The number of hydrogen-bond donors (Lipinski definition) is 1. The van der Waals surface area contributed by atoms with E-state index in [1.54, 1.807) is 12.1 Å². The van der Waals surface area contributed by atoms with Gasteiger partial charge in [0.25, 0.3) is 0 Å². The third kappa shape index (κ3) is 4.73. The Morgan fingerprint density at radius 1 is 1.13 bits per heavy atom. The second-order valence-electron chi connectivity index (χ2n) is 5.63. The minimum absolute atomic E-state index is 0.0368. The van der Waals surface area contributed by atoms with E-state index in [-0.39, 0.29) is 17.9 Å². The van der Waals surface area contributed by atoms with Crippen molar-refractivity contribution in [1.82, 2.24) is 5.32 Å². The average Bonchev–Trinajstić information content (AvgIpc) is 2.57. The van der Waals surface area contributed by atoms with Crippen LogP contribution in [0.1, 0.15) is 32.3 Å². The predicted molar refractivity (Wildman–Crippen MR) is 93.8 cm³/mol. The molecule has 0 spiro atoms. The lowest BCUT2D eigenvalue weighted by Crippen LogP contribution is -2.43. The standard InChI is InChI=1S/C19H22ClNO2/c1-3-19(2,15-9-5-4-6-10-15)21-18(22)13-14-23-17-12-8-7-11-16(17)20/h4-12H,3,13-14H2,1-2H3,(H,21,22). The Morgan fingerprint density at radius 2 is 1.78 bits per heavy atom. The summed E-state index contributed by atoms with van der Waals surface area (Å²) in [6.45, 7) is 4.40. The van der Waals surface area contributed by atoms with Crippen LogP contribution in [0.4, 0.5) is 0 Å². The topological polar surface area (TPSA) is 38.3 Å². The van der Waals surface area contributed by atoms with Gasteiger partial charge < -0.3 is 10.1 Å². The molecule has 0 aliphatic heterocycles. The summed E-state index contributed by atoms with van der Waals surface area (Å²) in [6.07, 6.45) is 1.10. The number of rotatable bonds is 7. The van der Waals surface area contributed by atoms with Crippen LogP contribution in [0.2, 0.25) is 5.02 Å². The highest BCUT2D eigenvalue weighted by molar-refractivity contribution is 6.32. The Balaban J connectivity index is 1.90. The van der Waals surface area contributed by atoms with Crippen molar-refractivity contribution in [2.24, 2.45) is 0 Å². The number of hydrogen-bond acceptors (Lipinski definition) is 2. The molecule has 0 heterocycles. The van der Waals surface area contributed by atoms with Crippen molar-refractivity contribution in [3.8, 4) is 5.75 Å². The Bertz CT molecular complexity index is 645. The molecule has 0 aromatic heterocycles. The molecule has 0 saturated heterocycles. The molecule has 2 rings (SSSR count). The summed E-state index contributed by atoms with van der Waals surface area (Å²) in [5, 5.41) is 3.66. The maximum Gasteiger partial charge on any atom is 0.224 e. The van der Waals surface area contributed by atoms with Gasteiger partial charge in [0.05, 0.1) is 23.6 Å². The van der Waals surface area contributed by atoms with Gasteiger partial charge in [-0.05, 0) is 31.0 Å². The van der Waals surface area contributed by atoms with Crippen molar-refractivity contribution in [3.63, 3.8) is 0 Å². The molecule has 4 heteroatoms. The molecule has 1 amide bonds. The molecule has 0 bridgehead atoms. The van der Waals surface area contributed by atoms with Crippen LogP contribution in [0, 0.1) is 0 Å². The smallest absolute Gasteiger partial charge is 0.224 e. The zero-order chi connectivity index (χ0) is 16.7. The summed E-state index contributed by atoms with van der Waals surface area (Å²) in [5.74, 6) is 0.563. The van der Waals surface area contributed by atoms with Gasteiger partial charge in [0.2, 0.25) is 5.91 Å². The zero-order valence-electron chi connectivity index (χ0n) is 13.5. The molecule has 0 aliphatic rings. The monoisotopic (exact) mass is 331 g/mol. The van der Waals surface area contributed by atoms with Crippen LogP contribution >= 0.6 is 11.6 Å². The van der Waals surface area contributed by atoms with E-state index < -0.39 is 0 Å². The number of carbonyl (C=O) groups excluding carboxylic acids is 1. The fraction of sp³-hybridized carbons (Fsp3) is 0.316. The third-order valence-electron chi connectivity index (χ3n) is 3.96. The Kier molecular flexibility index (Phi) is 6.05. The van der Waals surface area contributed by atoms with Gasteiger partial charge in [0.1, 0.15) is 5.75 Å². The molecule has 1 unspecified atom stereocenters. The van der Waals surface area contributed by atoms with Crippen LogP contribution in [0.15, 0.2) is 54.6 Å². The molecule has 3 nitrogen and oxygen atoms in total. The summed E-state index contributed by atoms with van der Waals surface area (Å²) >= 11 is 6.02. The largest absolute Gasteiger partial charge is 0.491 e. The number of amides is 1. The lowest BCUT2D eigenvalue weighted by atomic mass is 9.89. The quantitative estimate of drug-likeness (QED) is 0.808. The SMILES string of the molecule is CCC(C)(NC(=O)CCOc1ccccc1Cl)c1ccccc1. The lowest BCUT2D eigenvalue weighted by molar-refractivity contribution is -0.123. The van der Waals surface area contributed by atoms with Crippen LogP contribution in [0.25, 0.3) is 0 Å². The maximum absolute atomic E-state index is 12.2. The Hall–Kier alpha value is -2.00. The van der Waals surface area contributed by atoms with Crippen LogP contribution in [0.3, 0.4) is 0 Å². The molecular formula is C19H22ClNO2. The fourth-order valence-electron chi connectivity index (χ4n) is 2.36. The van der Waals surface area contributed by atoms with Gasteiger partial charge >= 0.3 is 0 Å². The molecule has 1 N–H and O–H groups in total. The van der Waals surface area contributed by atoms with E-state index in [1.165, 1.54) is 0 Å². The number of halogens is 1. The molecule has 0 radical (unpaired) electrons. The van der Waals surface area contributed by atoms with Gasteiger partial charge in [-0.2, -0.15) is 0 Å². The van der Waals surface area contributed by atoms with E-state index >= 15 is 0 Å². The van der Waals surface area contributed by atoms with Gasteiger partial charge in [-0.25, -0.2) is 0 Å². The maximum atomic E-state index is 12.2. The summed E-state index contributed by atoms with van der Waals surface area (Å²) in [7, 11) is 0. The highest BCUT2D eigenvalue weighted by atomic mass is 35.5. The van der Waals surface area contributed by atoms with E-state index in [4.69, 9.17) is 16.3 Å². The molecule has 23 heavy (non-hydrogen) atoms. The van der Waals surface area contributed by atoms with Crippen LogP contribution < -0.4 is 10.1 Å². The van der Waals surface area contributed by atoms with E-state index in [0.29, 0.717) is 17.4 Å². The summed E-state index contributed by atoms with van der Waals surface area (Å²) in [6, 6.07) is 17.2. The Labute approximate surface area is 142 Å². The van der Waals surface area contributed by atoms with Crippen molar-refractivity contribution in [3.05, 3.63) is 65.2 Å². The highest BCUT2D eigenvalue weighted by Crippen LogP contribution is 2.25. The first-order valence-corrected chi connectivity index (χ1v) is 8.17. The normalized spacial score (nSPS) is 13.2. The molecule has 0 saturated carbocycles. The zero-order valence-corrected chi connectivity index (χ0v) is 14.3. The van der Waals surface area contributed by atoms with Crippen molar-refractivity contribution >= 4 is 17.5 Å². The van der Waals surface area contributed by atoms with E-state index in [2.05, 4.69) is 12.2 Å². The first-order chi connectivity index (χ1) is 11.0. The molecule has 0 aliphatic carbocycles. The van der Waals surface area contributed by atoms with E-state index in [0.717, 1.165) is 12.0 Å². The van der Waals surface area contributed by atoms with Crippen LogP contribution in [-0.4, -0.2) is 12.5 Å². The molecular weight excluding hydrogens is 310 g/mol. The average molecular weight is 332 g/mol. The van der Waals surface area contributed by atoms with Crippen molar-refractivity contribution in [2.45, 2.75) is 32.2 Å². The van der Waals surface area contributed by atoms with Gasteiger partial charge in [0.15, 0.2) is 0 Å². The Morgan fingerprint density at radius 3 is 2.43 bits per heavy atom. The van der Waals surface area contributed by atoms with Crippen LogP contribution in [0.5, 0.6) is 5.75 Å². The van der Waals surface area contributed by atoms with Crippen molar-refractivity contribution in [1.29, 1.82) is 0 Å². The van der Waals surface area contributed by atoms with Crippen LogP contribution in [-0.2, 0) is 10.3 Å². The van der Waals surface area contributed by atoms with Gasteiger partial charge in [0, 0.05) is 0 Å². The molecule has 2 aromatic carbocycles. The first-order valence-electron chi connectivity index (χ1n) is 7.79. The number of nitrogens with one attached hydrogen (secondary N) is 1. The molecule has 122 valence electrons. The number of para-hydroxylation sites is 1. The molecule has 0 fully saturated rings. The van der Waals surface area contributed by atoms with Gasteiger partial charge in [-0.3, -0.25) is 4.79 Å². The first kappa shape index (κ1) is 17.4. The summed E-state index contributed by atoms with van der Waals surface area (Å²) in [5.41, 5.74) is 0.728. The second kappa shape index (κ2) is 8.02. The van der Waals surface area contributed by atoms with E-state index in [1.807, 2.05) is 49.4 Å². The second-order valence-corrected chi connectivity index (χ2v) is 6.04. The van der Waals surface area contributed by atoms with Gasteiger partial charge in [-0.1, -0.05) is 61.0 Å². The minimum atomic E-state index is -0.372. The van der Waals surface area contributed by atoms with Gasteiger partial charge in [-0.15, -0.1) is 0 Å². The fourth-order valence-corrected chi connectivity index (χ4v) is 2.55. The molecule has 1 atom stereocenters. The van der Waals surface area contributed by atoms with Crippen molar-refractivity contribution < 1.29 is 9.53 Å². The molecule has 2 aromatic rings. The van der Waals surface area contributed by atoms with Crippen molar-refractivity contribution in [2.75, 3.05) is 6.61 Å². The predicted octanol–water partition coefficient (Wildman–Crippen LogP) is 4.55. The number of carbonyl (C=O) groups is 1. The number of ether oxygens (including phenoxy) is 1. The summed E-state index contributed by atoms with van der Waals surface area (Å²) < 4.78 is 5.57. The highest BCUT2D eigenvalue weighted by Gasteiger charge is 2.26. The lowest BCUT2D eigenvalue weighted by Gasteiger charge is -2.30.